The molecule has 88 valence electrons. The molecule has 1 aromatic carbocycles. The Morgan fingerprint density at radius 1 is 1.38 bits per heavy atom. The van der Waals surface area contributed by atoms with E-state index >= 15 is 0 Å². The Kier molecular flexibility index (Phi) is 3.35. The van der Waals surface area contributed by atoms with Crippen LogP contribution in [0.5, 0.6) is 0 Å². The lowest BCUT2D eigenvalue weighted by molar-refractivity contribution is -0.138. The fraction of sp³-hybridized carbons (Fsp3) is 0.300. The second-order valence-corrected chi connectivity index (χ2v) is 4.97. The maximum atomic E-state index is 11.1. The van der Waals surface area contributed by atoms with E-state index in [2.05, 4.69) is 0 Å². The average molecular weight is 244 g/mol. The summed E-state index contributed by atoms with van der Waals surface area (Å²) in [5.41, 5.74) is 0.717. The lowest BCUT2D eigenvalue weighted by Gasteiger charge is -2.11. The van der Waals surface area contributed by atoms with Gasteiger partial charge in [0.15, 0.2) is 0 Å². The second-order valence-electron chi connectivity index (χ2n) is 3.58. The van der Waals surface area contributed by atoms with E-state index in [4.69, 9.17) is 9.66 Å². The van der Waals surface area contributed by atoms with Gasteiger partial charge in [-0.1, -0.05) is 12.1 Å². The third-order valence-corrected chi connectivity index (χ3v) is 3.19. The molecule has 16 heavy (non-hydrogen) atoms. The van der Waals surface area contributed by atoms with Gasteiger partial charge in [-0.3, -0.25) is 9.35 Å². The first-order valence-electron chi connectivity index (χ1n) is 4.54. The summed E-state index contributed by atoms with van der Waals surface area (Å²) in [6.45, 7) is 3.02. The van der Waals surface area contributed by atoms with Crippen molar-refractivity contribution in [2.75, 3.05) is 0 Å². The Labute approximate surface area is 93.5 Å². The van der Waals surface area contributed by atoms with Gasteiger partial charge in [0.2, 0.25) is 0 Å². The predicted molar refractivity (Wildman–Crippen MR) is 57.0 cm³/mol. The van der Waals surface area contributed by atoms with Crippen LogP contribution in [0.1, 0.15) is 24.0 Å². The van der Waals surface area contributed by atoms with Crippen molar-refractivity contribution in [2.45, 2.75) is 24.7 Å². The molecule has 0 aliphatic rings. The molecule has 0 unspecified atom stereocenters. The van der Waals surface area contributed by atoms with E-state index in [1.54, 1.807) is 13.0 Å². The zero-order valence-corrected chi connectivity index (χ0v) is 9.65. The molecule has 1 rings (SSSR count). The van der Waals surface area contributed by atoms with Gasteiger partial charge in [0, 0.05) is 0 Å². The summed E-state index contributed by atoms with van der Waals surface area (Å²) in [5.74, 6) is -2.13. The van der Waals surface area contributed by atoms with Crippen LogP contribution in [-0.4, -0.2) is 24.0 Å². The smallest absolute Gasteiger partial charge is 0.310 e. The highest BCUT2D eigenvalue weighted by atomic mass is 32.2. The van der Waals surface area contributed by atoms with Crippen LogP contribution in [0, 0.1) is 6.92 Å². The molecule has 0 aromatic heterocycles. The van der Waals surface area contributed by atoms with Gasteiger partial charge in [-0.05, 0) is 31.0 Å². The first kappa shape index (κ1) is 12.7. The number of hydrogen-bond donors (Lipinski definition) is 2. The number of carboxylic acid groups (broad SMARTS) is 1. The summed E-state index contributed by atoms with van der Waals surface area (Å²) in [7, 11) is -4.40. The molecule has 0 heterocycles. The highest BCUT2D eigenvalue weighted by molar-refractivity contribution is 7.85. The number of carboxylic acids is 1. The van der Waals surface area contributed by atoms with E-state index in [0.717, 1.165) is 0 Å². The topological polar surface area (TPSA) is 91.7 Å². The van der Waals surface area contributed by atoms with Crippen molar-refractivity contribution in [3.8, 4) is 0 Å². The molecule has 6 heteroatoms. The van der Waals surface area contributed by atoms with Gasteiger partial charge in [0.05, 0.1) is 10.8 Å². The third kappa shape index (κ3) is 2.59. The van der Waals surface area contributed by atoms with Crippen molar-refractivity contribution in [1.29, 1.82) is 0 Å². The summed E-state index contributed by atoms with van der Waals surface area (Å²) in [6, 6.07) is 4.25. The summed E-state index contributed by atoms with van der Waals surface area (Å²) in [4.78, 5) is 10.4. The molecule has 1 aromatic rings. The minimum atomic E-state index is -4.40. The lowest BCUT2D eigenvalue weighted by Crippen LogP contribution is -2.12. The van der Waals surface area contributed by atoms with Crippen LogP contribution >= 0.6 is 0 Å². The van der Waals surface area contributed by atoms with Crippen molar-refractivity contribution in [2.24, 2.45) is 0 Å². The Morgan fingerprint density at radius 3 is 2.38 bits per heavy atom. The molecule has 0 aliphatic heterocycles. The third-order valence-electron chi connectivity index (χ3n) is 2.28. The Balaban J connectivity index is 3.46. The molecule has 0 spiro atoms. The molecule has 0 saturated heterocycles. The van der Waals surface area contributed by atoms with Crippen LogP contribution in [0.25, 0.3) is 0 Å². The van der Waals surface area contributed by atoms with Gasteiger partial charge >= 0.3 is 5.97 Å². The van der Waals surface area contributed by atoms with Crippen LogP contribution in [0.3, 0.4) is 0 Å². The summed E-state index contributed by atoms with van der Waals surface area (Å²) in [6.07, 6.45) is 0. The first-order valence-corrected chi connectivity index (χ1v) is 5.98. The number of aliphatic carboxylic acids is 1. The van der Waals surface area contributed by atoms with Gasteiger partial charge in [-0.15, -0.1) is 0 Å². The molecule has 0 aliphatic carbocycles. The maximum absolute atomic E-state index is 11.1. The van der Waals surface area contributed by atoms with Gasteiger partial charge in [-0.2, -0.15) is 8.42 Å². The molecular formula is C10H12O5S. The minimum Gasteiger partial charge on any atom is -0.481 e. The number of carbonyl (C=O) groups is 1. The SMILES string of the molecule is Cc1ccc([C@H](C)C(=O)O)c(S(=O)(=O)O)c1. The van der Waals surface area contributed by atoms with Gasteiger partial charge in [0.1, 0.15) is 0 Å². The molecule has 0 amide bonds. The van der Waals surface area contributed by atoms with Crippen molar-refractivity contribution in [1.82, 2.24) is 0 Å². The van der Waals surface area contributed by atoms with E-state index < -0.39 is 22.0 Å². The van der Waals surface area contributed by atoms with E-state index in [-0.39, 0.29) is 10.5 Å². The van der Waals surface area contributed by atoms with Crippen LogP contribution in [0.4, 0.5) is 0 Å². The molecule has 0 fully saturated rings. The Morgan fingerprint density at radius 2 is 1.94 bits per heavy atom. The van der Waals surface area contributed by atoms with Crippen LogP contribution in [0.15, 0.2) is 23.1 Å². The Hall–Kier alpha value is -1.40. The highest BCUT2D eigenvalue weighted by Gasteiger charge is 2.23. The zero-order chi connectivity index (χ0) is 12.5. The predicted octanol–water partition coefficient (Wildman–Crippen LogP) is 1.43. The average Bonchev–Trinajstić information content (AvgIpc) is 2.15. The van der Waals surface area contributed by atoms with E-state index in [1.807, 2.05) is 0 Å². The fourth-order valence-electron chi connectivity index (χ4n) is 1.36. The second kappa shape index (κ2) is 4.23. The number of rotatable bonds is 3. The summed E-state index contributed by atoms with van der Waals surface area (Å²) >= 11 is 0. The molecule has 0 radical (unpaired) electrons. The van der Waals surface area contributed by atoms with Crippen LogP contribution in [0.2, 0.25) is 0 Å². The lowest BCUT2D eigenvalue weighted by atomic mass is 10.0. The fourth-order valence-corrected chi connectivity index (χ4v) is 2.23. The standard InChI is InChI=1S/C10H12O5S/c1-6-3-4-8(7(2)10(11)12)9(5-6)16(13,14)15/h3-5,7H,1-2H3,(H,11,12)(H,13,14,15)/t7-/m0/s1. The highest BCUT2D eigenvalue weighted by Crippen LogP contribution is 2.25. The van der Waals surface area contributed by atoms with Crippen LogP contribution in [-0.2, 0) is 14.9 Å². The summed E-state index contributed by atoms with van der Waals surface area (Å²) in [5, 5.41) is 8.82. The quantitative estimate of drug-likeness (QED) is 0.785. The van der Waals surface area contributed by atoms with Crippen molar-refractivity contribution in [3.05, 3.63) is 29.3 Å². The zero-order valence-electron chi connectivity index (χ0n) is 8.84. The number of hydrogen-bond acceptors (Lipinski definition) is 3. The minimum absolute atomic E-state index is 0.0839. The van der Waals surface area contributed by atoms with Crippen molar-refractivity contribution in [3.63, 3.8) is 0 Å². The van der Waals surface area contributed by atoms with Gasteiger partial charge in [-0.25, -0.2) is 0 Å². The molecule has 1 atom stereocenters. The van der Waals surface area contributed by atoms with Gasteiger partial charge < -0.3 is 5.11 Å². The monoisotopic (exact) mass is 244 g/mol. The molecule has 0 saturated carbocycles. The maximum Gasteiger partial charge on any atom is 0.310 e. The number of aryl methyl sites for hydroxylation is 1. The van der Waals surface area contributed by atoms with Crippen molar-refractivity contribution >= 4 is 16.1 Å². The molecule has 5 nitrogen and oxygen atoms in total. The Bertz CT molecular complexity index is 518. The van der Waals surface area contributed by atoms with Crippen molar-refractivity contribution < 1.29 is 22.9 Å². The van der Waals surface area contributed by atoms with Gasteiger partial charge in [0.25, 0.3) is 10.1 Å². The van der Waals surface area contributed by atoms with E-state index in [0.29, 0.717) is 5.56 Å². The largest absolute Gasteiger partial charge is 0.481 e. The molecule has 2 N–H and O–H groups in total. The molecular weight excluding hydrogens is 232 g/mol. The summed E-state index contributed by atoms with van der Waals surface area (Å²) < 4.78 is 31.2. The van der Waals surface area contributed by atoms with E-state index in [9.17, 15) is 13.2 Å². The van der Waals surface area contributed by atoms with E-state index in [1.165, 1.54) is 19.1 Å². The number of benzene rings is 1. The first-order chi connectivity index (χ1) is 7.23. The normalized spacial score (nSPS) is 13.4. The van der Waals surface area contributed by atoms with Crippen LogP contribution < -0.4 is 0 Å². The molecule has 0 bridgehead atoms.